The van der Waals surface area contributed by atoms with Gasteiger partial charge >= 0.3 is 29.6 Å². The van der Waals surface area contributed by atoms with Gasteiger partial charge in [-0.05, 0) is 12.2 Å². The SMILES string of the molecule is CCCCCCCCCCCCSCC(=O)[O-].[Na+]. The third-order valence-electron chi connectivity index (χ3n) is 2.86. The quantitative estimate of drug-likeness (QED) is 0.362. The maximum Gasteiger partial charge on any atom is 1.00 e. The van der Waals surface area contributed by atoms with Crippen LogP contribution in [0.3, 0.4) is 0 Å². The summed E-state index contributed by atoms with van der Waals surface area (Å²) in [4.78, 5) is 10.1. The van der Waals surface area contributed by atoms with Crippen molar-refractivity contribution in [1.29, 1.82) is 0 Å². The van der Waals surface area contributed by atoms with E-state index in [2.05, 4.69) is 6.92 Å². The molecule has 0 heterocycles. The number of aliphatic carboxylic acids is 1. The number of rotatable bonds is 13. The van der Waals surface area contributed by atoms with E-state index in [1.165, 1.54) is 69.5 Å². The second-order valence-electron chi connectivity index (χ2n) is 4.61. The van der Waals surface area contributed by atoms with Crippen molar-refractivity contribution in [3.05, 3.63) is 0 Å². The fraction of sp³-hybridized carbons (Fsp3) is 0.929. The maximum atomic E-state index is 10.1. The Morgan fingerprint density at radius 2 is 1.33 bits per heavy atom. The zero-order valence-electron chi connectivity index (χ0n) is 12.2. The van der Waals surface area contributed by atoms with Crippen LogP contribution in [0.4, 0.5) is 0 Å². The molecule has 18 heavy (non-hydrogen) atoms. The van der Waals surface area contributed by atoms with E-state index in [0.29, 0.717) is 0 Å². The monoisotopic (exact) mass is 282 g/mol. The van der Waals surface area contributed by atoms with Crippen LogP contribution in [0, 0.1) is 0 Å². The van der Waals surface area contributed by atoms with Gasteiger partial charge in [0.25, 0.3) is 0 Å². The summed E-state index contributed by atoms with van der Waals surface area (Å²) in [5.74, 6) is 0.170. The Morgan fingerprint density at radius 1 is 0.889 bits per heavy atom. The zero-order chi connectivity index (χ0) is 12.8. The molecule has 0 rings (SSSR count). The summed E-state index contributed by atoms with van der Waals surface area (Å²) in [6.07, 6.45) is 13.3. The van der Waals surface area contributed by atoms with Gasteiger partial charge in [-0.15, -0.1) is 0 Å². The van der Waals surface area contributed by atoms with Crippen molar-refractivity contribution < 1.29 is 39.5 Å². The van der Waals surface area contributed by atoms with E-state index in [0.717, 1.165) is 12.2 Å². The molecule has 0 atom stereocenters. The topological polar surface area (TPSA) is 40.1 Å². The van der Waals surface area contributed by atoms with Crippen LogP contribution >= 0.6 is 11.8 Å². The third kappa shape index (κ3) is 19.2. The molecule has 0 aromatic carbocycles. The molecule has 0 aromatic rings. The fourth-order valence-electron chi connectivity index (χ4n) is 1.85. The molecule has 0 fully saturated rings. The summed E-state index contributed by atoms with van der Waals surface area (Å²) in [6.45, 7) is 2.25. The molecule has 0 bridgehead atoms. The van der Waals surface area contributed by atoms with Crippen molar-refractivity contribution >= 4 is 17.7 Å². The molecule has 4 heteroatoms. The number of carboxylic acid groups (broad SMARTS) is 1. The molecule has 0 radical (unpaired) electrons. The van der Waals surface area contributed by atoms with Crippen molar-refractivity contribution in [2.24, 2.45) is 0 Å². The Morgan fingerprint density at radius 3 is 1.78 bits per heavy atom. The molecule has 0 aliphatic heterocycles. The van der Waals surface area contributed by atoms with Gasteiger partial charge in [-0.3, -0.25) is 0 Å². The number of hydrogen-bond donors (Lipinski definition) is 0. The van der Waals surface area contributed by atoms with Gasteiger partial charge in [0.15, 0.2) is 0 Å². The van der Waals surface area contributed by atoms with Crippen LogP contribution in [-0.2, 0) is 4.79 Å². The van der Waals surface area contributed by atoms with Gasteiger partial charge in [-0.25, -0.2) is 0 Å². The molecular formula is C14H27NaO2S. The molecule has 0 saturated carbocycles. The number of unbranched alkanes of at least 4 members (excludes halogenated alkanes) is 9. The Bertz CT molecular complexity index is 177. The van der Waals surface area contributed by atoms with Gasteiger partial charge in [0.05, 0.1) is 5.97 Å². The van der Waals surface area contributed by atoms with Crippen LogP contribution in [-0.4, -0.2) is 17.5 Å². The van der Waals surface area contributed by atoms with Gasteiger partial charge in [0.1, 0.15) is 0 Å². The van der Waals surface area contributed by atoms with Crippen LogP contribution in [0.5, 0.6) is 0 Å². The van der Waals surface area contributed by atoms with Crippen molar-refractivity contribution in [1.82, 2.24) is 0 Å². The second-order valence-corrected chi connectivity index (χ2v) is 5.71. The second kappa shape index (κ2) is 17.8. The zero-order valence-corrected chi connectivity index (χ0v) is 15.0. The summed E-state index contributed by atoms with van der Waals surface area (Å²) in [5.41, 5.74) is 0. The average molecular weight is 282 g/mol. The number of carbonyl (C=O) groups excluding carboxylic acids is 1. The molecule has 0 saturated heterocycles. The summed E-state index contributed by atoms with van der Waals surface area (Å²) in [7, 11) is 0. The van der Waals surface area contributed by atoms with Crippen molar-refractivity contribution in [2.45, 2.75) is 71.1 Å². The summed E-state index contributed by atoms with van der Waals surface area (Å²) in [6, 6.07) is 0. The van der Waals surface area contributed by atoms with Crippen molar-refractivity contribution in [3.63, 3.8) is 0 Å². The maximum absolute atomic E-state index is 10.1. The minimum atomic E-state index is -0.943. The van der Waals surface area contributed by atoms with Gasteiger partial charge in [-0.2, -0.15) is 11.8 Å². The molecule has 2 nitrogen and oxygen atoms in total. The Balaban J connectivity index is 0. The normalized spacial score (nSPS) is 10.1. The number of carbonyl (C=O) groups is 1. The van der Waals surface area contributed by atoms with Crippen LogP contribution in [0.15, 0.2) is 0 Å². The molecule has 0 N–H and O–H groups in total. The summed E-state index contributed by atoms with van der Waals surface area (Å²) < 4.78 is 0. The van der Waals surface area contributed by atoms with Gasteiger partial charge in [-0.1, -0.05) is 64.7 Å². The van der Waals surface area contributed by atoms with E-state index in [1.807, 2.05) is 0 Å². The van der Waals surface area contributed by atoms with E-state index in [-0.39, 0.29) is 35.3 Å². The minimum absolute atomic E-state index is 0. The molecule has 0 aliphatic carbocycles. The van der Waals surface area contributed by atoms with Gasteiger partial charge in [0.2, 0.25) is 0 Å². The Labute approximate surface area is 139 Å². The van der Waals surface area contributed by atoms with E-state index in [4.69, 9.17) is 0 Å². The fourth-order valence-corrected chi connectivity index (χ4v) is 2.57. The van der Waals surface area contributed by atoms with E-state index in [1.54, 1.807) is 0 Å². The Kier molecular flexibility index (Phi) is 20.9. The first-order chi connectivity index (χ1) is 8.27. The molecular weight excluding hydrogens is 255 g/mol. The first-order valence-corrected chi connectivity index (χ1v) is 8.20. The molecule has 102 valence electrons. The van der Waals surface area contributed by atoms with Gasteiger partial charge in [0, 0.05) is 5.75 Å². The predicted octanol–water partition coefficient (Wildman–Crippen LogP) is 0.394. The minimum Gasteiger partial charge on any atom is -0.549 e. The van der Waals surface area contributed by atoms with Crippen LogP contribution < -0.4 is 34.7 Å². The van der Waals surface area contributed by atoms with Crippen LogP contribution in [0.25, 0.3) is 0 Å². The smallest absolute Gasteiger partial charge is 0.549 e. The predicted molar refractivity (Wildman–Crippen MR) is 74.2 cm³/mol. The molecule has 0 unspecified atom stereocenters. The van der Waals surface area contributed by atoms with Crippen LogP contribution in [0.1, 0.15) is 71.1 Å². The number of hydrogen-bond acceptors (Lipinski definition) is 3. The Hall–Kier alpha value is 0.820. The van der Waals surface area contributed by atoms with Crippen molar-refractivity contribution in [3.8, 4) is 0 Å². The van der Waals surface area contributed by atoms with Crippen molar-refractivity contribution in [2.75, 3.05) is 11.5 Å². The molecule has 0 amide bonds. The average Bonchev–Trinajstić information content (AvgIpc) is 2.30. The van der Waals surface area contributed by atoms with Crippen LogP contribution in [0.2, 0.25) is 0 Å². The number of thioether (sulfide) groups is 1. The largest absolute Gasteiger partial charge is 1.00 e. The summed E-state index contributed by atoms with van der Waals surface area (Å²) >= 11 is 1.48. The standard InChI is InChI=1S/C14H28O2S.Na/c1-2-3-4-5-6-7-8-9-10-11-12-17-13-14(15)16;/h2-13H2,1H3,(H,15,16);/q;+1/p-1. The van der Waals surface area contributed by atoms with E-state index in [9.17, 15) is 9.90 Å². The van der Waals surface area contributed by atoms with E-state index >= 15 is 0 Å². The third-order valence-corrected chi connectivity index (χ3v) is 3.88. The molecule has 0 spiro atoms. The van der Waals surface area contributed by atoms with E-state index < -0.39 is 5.97 Å². The molecule has 0 aliphatic rings. The first-order valence-electron chi connectivity index (χ1n) is 7.05. The number of carboxylic acids is 1. The molecule has 0 aromatic heterocycles. The van der Waals surface area contributed by atoms with Gasteiger partial charge < -0.3 is 9.90 Å². The summed E-state index contributed by atoms with van der Waals surface area (Å²) in [5, 5.41) is 10.1. The first kappa shape index (κ1) is 21.1.